The lowest BCUT2D eigenvalue weighted by atomic mass is 10.8. The van der Waals surface area contributed by atoms with Gasteiger partial charge in [-0.1, -0.05) is 6.92 Å². The highest BCUT2D eigenvalue weighted by Crippen LogP contribution is 1.60. The Balaban J connectivity index is 2.54. The fourth-order valence-corrected chi connectivity index (χ4v) is 0. The smallest absolute Gasteiger partial charge is 0.135 e. The van der Waals surface area contributed by atoms with Crippen molar-refractivity contribution >= 4 is 20.8 Å². The van der Waals surface area contributed by atoms with Gasteiger partial charge >= 0.3 is 0 Å². The Kier molecular flexibility index (Phi) is 2.83. The average molecular weight is 99.2 g/mol. The van der Waals surface area contributed by atoms with Crippen LogP contribution in [0.2, 0.25) is 0 Å². The van der Waals surface area contributed by atoms with Crippen LogP contribution in [0.15, 0.2) is 0 Å². The standard InChI is InChI=1S/C2H5NSi2/c1-2-3(4)5/h2H2,1H3. The molecule has 0 heterocycles. The molecule has 0 aliphatic carbocycles. The predicted octanol–water partition coefficient (Wildman–Crippen LogP) is -0.525. The van der Waals surface area contributed by atoms with Gasteiger partial charge in [-0.2, -0.15) is 0 Å². The van der Waals surface area contributed by atoms with E-state index in [2.05, 4.69) is 20.8 Å². The zero-order chi connectivity index (χ0) is 4.28. The van der Waals surface area contributed by atoms with Crippen molar-refractivity contribution in [3.8, 4) is 0 Å². The Morgan fingerprint density at radius 1 is 1.60 bits per heavy atom. The molecule has 0 spiro atoms. The normalized spacial score (nSPS) is 9.60. The maximum atomic E-state index is 3.16. The second-order valence-corrected chi connectivity index (χ2v) is 2.27. The van der Waals surface area contributed by atoms with E-state index in [0.29, 0.717) is 0 Å². The maximum absolute atomic E-state index is 3.16. The molecule has 26 valence electrons. The van der Waals surface area contributed by atoms with Crippen LogP contribution >= 0.6 is 0 Å². The maximum Gasteiger partial charge on any atom is 0.135 e. The molecule has 0 saturated carbocycles. The van der Waals surface area contributed by atoms with Gasteiger partial charge in [0.25, 0.3) is 0 Å². The van der Waals surface area contributed by atoms with Gasteiger partial charge in [0, 0.05) is 0 Å². The van der Waals surface area contributed by atoms with Crippen LogP contribution in [0.1, 0.15) is 6.92 Å². The molecule has 0 N–H and O–H groups in total. The molecule has 0 saturated heterocycles. The van der Waals surface area contributed by atoms with Crippen molar-refractivity contribution in [1.82, 2.24) is 4.23 Å². The quantitative estimate of drug-likeness (QED) is 0.400. The molecule has 1 nitrogen and oxygen atoms in total. The third-order valence-corrected chi connectivity index (χ3v) is 0.949. The first-order valence-electron chi connectivity index (χ1n) is 1.47. The highest BCUT2D eigenvalue weighted by atomic mass is 28.2. The minimum atomic E-state index is 0.966. The zero-order valence-corrected chi connectivity index (χ0v) is 5.15. The zero-order valence-electron chi connectivity index (χ0n) is 3.15. The summed E-state index contributed by atoms with van der Waals surface area (Å²) in [4.78, 5) is 0. The van der Waals surface area contributed by atoms with Gasteiger partial charge in [-0.25, -0.2) is 0 Å². The molecule has 0 aromatic heterocycles. The van der Waals surface area contributed by atoms with Crippen molar-refractivity contribution in [3.05, 3.63) is 0 Å². The van der Waals surface area contributed by atoms with Crippen LogP contribution in [-0.2, 0) is 0 Å². The molecule has 0 atom stereocenters. The molecular formula is C2H5NSi2. The molecule has 0 aromatic rings. The molecule has 0 aliphatic heterocycles. The third kappa shape index (κ3) is 4.39. The molecule has 0 rings (SSSR count). The van der Waals surface area contributed by atoms with Gasteiger partial charge < -0.3 is 4.23 Å². The summed E-state index contributed by atoms with van der Waals surface area (Å²) in [7, 11) is 6.33. The van der Waals surface area contributed by atoms with Crippen LogP contribution in [-0.4, -0.2) is 31.6 Å². The summed E-state index contributed by atoms with van der Waals surface area (Å²) in [5.41, 5.74) is 0. The minimum Gasteiger partial charge on any atom is -0.353 e. The summed E-state index contributed by atoms with van der Waals surface area (Å²) >= 11 is 0. The molecule has 0 bridgehead atoms. The molecule has 3 heteroatoms. The van der Waals surface area contributed by atoms with Crippen molar-refractivity contribution in [2.45, 2.75) is 6.92 Å². The molecule has 5 heavy (non-hydrogen) atoms. The summed E-state index contributed by atoms with van der Waals surface area (Å²) in [6, 6.07) is 0. The summed E-state index contributed by atoms with van der Waals surface area (Å²) in [6.07, 6.45) is 0. The van der Waals surface area contributed by atoms with E-state index < -0.39 is 0 Å². The number of hydrogen-bond donors (Lipinski definition) is 0. The van der Waals surface area contributed by atoms with Crippen LogP contribution in [0.25, 0.3) is 0 Å². The van der Waals surface area contributed by atoms with E-state index in [1.807, 2.05) is 6.92 Å². The van der Waals surface area contributed by atoms with E-state index in [-0.39, 0.29) is 0 Å². The Morgan fingerprint density at radius 2 is 1.80 bits per heavy atom. The van der Waals surface area contributed by atoms with Gasteiger partial charge in [0.1, 0.15) is 20.8 Å². The van der Waals surface area contributed by atoms with Crippen molar-refractivity contribution in [3.63, 3.8) is 0 Å². The van der Waals surface area contributed by atoms with Crippen LogP contribution in [0.3, 0.4) is 0 Å². The van der Waals surface area contributed by atoms with Crippen molar-refractivity contribution in [2.75, 3.05) is 6.54 Å². The number of rotatable bonds is 1. The Bertz CT molecular complexity index is 21.6. The third-order valence-electron chi connectivity index (χ3n) is 0.316. The first kappa shape index (κ1) is 5.39. The van der Waals surface area contributed by atoms with Gasteiger partial charge in [0.05, 0.1) is 0 Å². The second kappa shape index (κ2) is 2.62. The molecular weight excluding hydrogens is 94.2 g/mol. The molecule has 0 fully saturated rings. The van der Waals surface area contributed by atoms with Crippen LogP contribution < -0.4 is 0 Å². The SMILES string of the molecule is CCN([Si])[Si]. The minimum absolute atomic E-state index is 0.966. The molecule has 6 radical (unpaired) electrons. The van der Waals surface area contributed by atoms with Crippen LogP contribution in [0.4, 0.5) is 0 Å². The van der Waals surface area contributed by atoms with Gasteiger partial charge in [0.15, 0.2) is 0 Å². The fraction of sp³-hybridized carbons (Fsp3) is 1.00. The van der Waals surface area contributed by atoms with Gasteiger partial charge in [0.2, 0.25) is 0 Å². The summed E-state index contributed by atoms with van der Waals surface area (Å²) < 4.78 is 1.74. The lowest BCUT2D eigenvalue weighted by Crippen LogP contribution is -2.13. The fourth-order valence-electron chi connectivity index (χ4n) is 0. The summed E-state index contributed by atoms with van der Waals surface area (Å²) in [6.45, 7) is 2.99. The van der Waals surface area contributed by atoms with E-state index in [1.54, 1.807) is 4.23 Å². The van der Waals surface area contributed by atoms with E-state index in [1.165, 1.54) is 0 Å². The topological polar surface area (TPSA) is 3.24 Å². The van der Waals surface area contributed by atoms with E-state index in [4.69, 9.17) is 0 Å². The van der Waals surface area contributed by atoms with Gasteiger partial charge in [-0.3, -0.25) is 0 Å². The van der Waals surface area contributed by atoms with Crippen molar-refractivity contribution in [1.29, 1.82) is 0 Å². The summed E-state index contributed by atoms with van der Waals surface area (Å²) in [5, 5.41) is 0. The molecule has 0 unspecified atom stereocenters. The van der Waals surface area contributed by atoms with Gasteiger partial charge in [-0.15, -0.1) is 0 Å². The first-order chi connectivity index (χ1) is 2.27. The predicted molar refractivity (Wildman–Crippen MR) is 23.9 cm³/mol. The molecule has 0 aliphatic rings. The number of nitrogens with zero attached hydrogens (tertiary/aromatic N) is 1. The Hall–Kier alpha value is 0.394. The molecule has 0 aromatic carbocycles. The lowest BCUT2D eigenvalue weighted by Gasteiger charge is -1.98. The summed E-state index contributed by atoms with van der Waals surface area (Å²) in [5.74, 6) is 0. The largest absolute Gasteiger partial charge is 0.353 e. The monoisotopic (exact) mass is 99.0 g/mol. The number of hydrogen-bond acceptors (Lipinski definition) is 1. The lowest BCUT2D eigenvalue weighted by molar-refractivity contribution is 0.746. The first-order valence-corrected chi connectivity index (χ1v) is 2.36. The van der Waals surface area contributed by atoms with E-state index >= 15 is 0 Å². The highest BCUT2D eigenvalue weighted by molar-refractivity contribution is 6.24. The molecule has 0 amide bonds. The average Bonchev–Trinajstić information content (AvgIpc) is 1.38. The van der Waals surface area contributed by atoms with E-state index in [9.17, 15) is 0 Å². The Morgan fingerprint density at radius 3 is 1.80 bits per heavy atom. The second-order valence-electron chi connectivity index (χ2n) is 0.744. The Labute approximate surface area is 39.4 Å². The van der Waals surface area contributed by atoms with Gasteiger partial charge in [-0.05, 0) is 6.54 Å². The van der Waals surface area contributed by atoms with Crippen LogP contribution in [0, 0.1) is 0 Å². The van der Waals surface area contributed by atoms with Crippen molar-refractivity contribution < 1.29 is 0 Å². The van der Waals surface area contributed by atoms with E-state index in [0.717, 1.165) is 6.54 Å². The van der Waals surface area contributed by atoms with Crippen molar-refractivity contribution in [2.24, 2.45) is 0 Å². The van der Waals surface area contributed by atoms with Crippen LogP contribution in [0.5, 0.6) is 0 Å². The highest BCUT2D eigenvalue weighted by Gasteiger charge is 1.74.